The molecule has 148 valence electrons. The minimum Gasteiger partial charge on any atom is -0.465 e. The van der Waals surface area contributed by atoms with Crippen LogP contribution in [0, 0.1) is 31.1 Å². The predicted octanol–water partition coefficient (Wildman–Crippen LogP) is 3.21. The second-order valence-corrected chi connectivity index (χ2v) is 7.17. The van der Waals surface area contributed by atoms with Crippen molar-refractivity contribution >= 4 is 23.5 Å². The fourth-order valence-corrected chi connectivity index (χ4v) is 3.65. The number of nitrogens with zero attached hydrogens (tertiary/aromatic N) is 2. The lowest BCUT2D eigenvalue weighted by Gasteiger charge is -2.29. The van der Waals surface area contributed by atoms with Crippen molar-refractivity contribution in [1.82, 2.24) is 0 Å². The molecule has 1 fully saturated rings. The second kappa shape index (κ2) is 7.88. The molecule has 2 atom stereocenters. The lowest BCUT2D eigenvalue weighted by atomic mass is 9.70. The van der Waals surface area contributed by atoms with Crippen LogP contribution in [0.2, 0.25) is 0 Å². The normalized spacial score (nSPS) is 18.3. The Morgan fingerprint density at radius 3 is 2.17 bits per heavy atom. The summed E-state index contributed by atoms with van der Waals surface area (Å²) in [5.74, 6) is -3.00. The van der Waals surface area contributed by atoms with Gasteiger partial charge < -0.3 is 4.74 Å². The first kappa shape index (κ1) is 20.3. The standard InChI is InChI=1S/C23H22N2O4/c1-4-29-22(28)23(14-24,17-9-5-15(2)6-10-17)19-13-20(26)25(21(19)27)18-11-7-16(3)8-12-18/h5-12,19H,4,13H2,1-3H3/t19-,23-/m1/s1. The van der Waals surface area contributed by atoms with Gasteiger partial charge in [0.1, 0.15) is 0 Å². The fraction of sp³-hybridized carbons (Fsp3) is 0.304. The average Bonchev–Trinajstić information content (AvgIpc) is 3.00. The van der Waals surface area contributed by atoms with Gasteiger partial charge in [-0.15, -0.1) is 0 Å². The molecule has 0 N–H and O–H groups in total. The zero-order chi connectivity index (χ0) is 21.2. The number of benzene rings is 2. The molecule has 0 saturated carbocycles. The van der Waals surface area contributed by atoms with Crippen molar-refractivity contribution in [3.63, 3.8) is 0 Å². The maximum Gasteiger partial charge on any atom is 0.331 e. The molecule has 1 aliphatic rings. The number of hydrogen-bond acceptors (Lipinski definition) is 5. The van der Waals surface area contributed by atoms with E-state index in [2.05, 4.69) is 0 Å². The van der Waals surface area contributed by atoms with Gasteiger partial charge in [0.05, 0.1) is 24.3 Å². The van der Waals surface area contributed by atoms with Crippen molar-refractivity contribution < 1.29 is 19.1 Å². The van der Waals surface area contributed by atoms with Gasteiger partial charge in [-0.2, -0.15) is 5.26 Å². The summed E-state index contributed by atoms with van der Waals surface area (Å²) in [7, 11) is 0. The Kier molecular flexibility index (Phi) is 5.51. The number of amides is 2. The lowest BCUT2D eigenvalue weighted by Crippen LogP contribution is -2.47. The molecule has 29 heavy (non-hydrogen) atoms. The Balaban J connectivity index is 2.11. The Morgan fingerprint density at radius 1 is 1.10 bits per heavy atom. The van der Waals surface area contributed by atoms with Crippen molar-refractivity contribution in [2.75, 3.05) is 11.5 Å². The van der Waals surface area contributed by atoms with Gasteiger partial charge in [-0.1, -0.05) is 47.5 Å². The number of rotatable bonds is 5. The molecule has 0 bridgehead atoms. The first-order chi connectivity index (χ1) is 13.8. The van der Waals surface area contributed by atoms with Crippen LogP contribution in [0.5, 0.6) is 0 Å². The van der Waals surface area contributed by atoms with E-state index in [1.165, 1.54) is 0 Å². The highest BCUT2D eigenvalue weighted by atomic mass is 16.5. The van der Waals surface area contributed by atoms with Gasteiger partial charge in [0.2, 0.25) is 11.8 Å². The predicted molar refractivity (Wildman–Crippen MR) is 107 cm³/mol. The number of nitriles is 1. The van der Waals surface area contributed by atoms with Crippen LogP contribution in [0.3, 0.4) is 0 Å². The van der Waals surface area contributed by atoms with Crippen molar-refractivity contribution in [3.8, 4) is 6.07 Å². The van der Waals surface area contributed by atoms with Crippen LogP contribution < -0.4 is 4.90 Å². The van der Waals surface area contributed by atoms with Gasteiger partial charge in [0.25, 0.3) is 0 Å². The van der Waals surface area contributed by atoms with Gasteiger partial charge in [-0.3, -0.25) is 14.5 Å². The highest BCUT2D eigenvalue weighted by molar-refractivity contribution is 6.22. The third-order valence-corrected chi connectivity index (χ3v) is 5.24. The molecular formula is C23H22N2O4. The third-order valence-electron chi connectivity index (χ3n) is 5.24. The number of aryl methyl sites for hydroxylation is 2. The van der Waals surface area contributed by atoms with Crippen molar-refractivity contribution in [1.29, 1.82) is 5.26 Å². The van der Waals surface area contributed by atoms with Gasteiger partial charge in [0, 0.05) is 6.42 Å². The molecule has 1 heterocycles. The monoisotopic (exact) mass is 390 g/mol. The summed E-state index contributed by atoms with van der Waals surface area (Å²) in [5, 5.41) is 10.1. The zero-order valence-electron chi connectivity index (χ0n) is 16.6. The van der Waals surface area contributed by atoms with E-state index in [0.29, 0.717) is 11.3 Å². The highest BCUT2D eigenvalue weighted by Crippen LogP contribution is 2.41. The maximum absolute atomic E-state index is 13.3. The van der Waals surface area contributed by atoms with E-state index >= 15 is 0 Å². The topological polar surface area (TPSA) is 87.5 Å². The molecule has 2 aromatic carbocycles. The second-order valence-electron chi connectivity index (χ2n) is 7.17. The Hall–Kier alpha value is -3.46. The van der Waals surface area contributed by atoms with E-state index < -0.39 is 29.1 Å². The lowest BCUT2D eigenvalue weighted by molar-refractivity contribution is -0.151. The van der Waals surface area contributed by atoms with E-state index in [9.17, 15) is 19.6 Å². The molecule has 0 unspecified atom stereocenters. The molecule has 0 radical (unpaired) electrons. The van der Waals surface area contributed by atoms with Crippen molar-refractivity contribution in [3.05, 3.63) is 65.2 Å². The van der Waals surface area contributed by atoms with Gasteiger partial charge in [-0.05, 0) is 38.5 Å². The van der Waals surface area contributed by atoms with E-state index in [4.69, 9.17) is 4.74 Å². The minimum atomic E-state index is -1.89. The van der Waals surface area contributed by atoms with E-state index in [0.717, 1.165) is 16.0 Å². The molecule has 0 spiro atoms. The highest BCUT2D eigenvalue weighted by Gasteiger charge is 2.58. The Bertz CT molecular complexity index is 989. The van der Waals surface area contributed by atoms with E-state index in [1.54, 1.807) is 55.5 Å². The number of imide groups is 1. The molecule has 0 aromatic heterocycles. The minimum absolute atomic E-state index is 0.0602. The van der Waals surface area contributed by atoms with Gasteiger partial charge in [0.15, 0.2) is 5.41 Å². The number of ether oxygens (including phenoxy) is 1. The number of esters is 1. The number of hydrogen-bond donors (Lipinski definition) is 0. The summed E-state index contributed by atoms with van der Waals surface area (Å²) >= 11 is 0. The Labute approximate surface area is 169 Å². The van der Waals surface area contributed by atoms with Crippen LogP contribution >= 0.6 is 0 Å². The summed E-state index contributed by atoms with van der Waals surface area (Å²) in [6, 6.07) is 15.8. The fourth-order valence-electron chi connectivity index (χ4n) is 3.65. The number of carbonyl (C=O) groups excluding carboxylic acids is 3. The maximum atomic E-state index is 13.3. The van der Waals surface area contributed by atoms with Crippen molar-refractivity contribution in [2.24, 2.45) is 5.92 Å². The molecule has 2 aromatic rings. The molecular weight excluding hydrogens is 368 g/mol. The largest absolute Gasteiger partial charge is 0.465 e. The average molecular weight is 390 g/mol. The summed E-state index contributed by atoms with van der Waals surface area (Å²) in [4.78, 5) is 40.1. The van der Waals surface area contributed by atoms with E-state index in [1.807, 2.05) is 19.9 Å². The SMILES string of the molecule is CCOC(=O)[C@](C#N)(c1ccc(C)cc1)[C@@H]1CC(=O)N(c2ccc(C)cc2)C1=O. The molecule has 0 aliphatic carbocycles. The summed E-state index contributed by atoms with van der Waals surface area (Å²) in [6.45, 7) is 5.48. The number of anilines is 1. The number of carbonyl (C=O) groups is 3. The van der Waals surface area contributed by atoms with Crippen LogP contribution in [0.1, 0.15) is 30.0 Å². The third kappa shape index (κ3) is 3.40. The molecule has 6 heteroatoms. The van der Waals surface area contributed by atoms with Crippen LogP contribution in [-0.2, 0) is 24.5 Å². The molecule has 1 saturated heterocycles. The summed E-state index contributed by atoms with van der Waals surface area (Å²) < 4.78 is 5.19. The molecule has 2 amide bonds. The zero-order valence-corrected chi connectivity index (χ0v) is 16.6. The quantitative estimate of drug-likeness (QED) is 0.578. The Morgan fingerprint density at radius 2 is 1.66 bits per heavy atom. The van der Waals surface area contributed by atoms with Gasteiger partial charge in [-0.25, -0.2) is 4.79 Å². The molecule has 1 aliphatic heterocycles. The van der Waals surface area contributed by atoms with Crippen LogP contribution in [-0.4, -0.2) is 24.4 Å². The summed E-state index contributed by atoms with van der Waals surface area (Å²) in [6.07, 6.45) is -0.243. The first-order valence-corrected chi connectivity index (χ1v) is 9.44. The van der Waals surface area contributed by atoms with Crippen molar-refractivity contribution in [2.45, 2.75) is 32.6 Å². The molecule has 3 rings (SSSR count). The van der Waals surface area contributed by atoms with Crippen LogP contribution in [0.4, 0.5) is 5.69 Å². The smallest absolute Gasteiger partial charge is 0.331 e. The van der Waals surface area contributed by atoms with Gasteiger partial charge >= 0.3 is 5.97 Å². The van der Waals surface area contributed by atoms with Crippen LogP contribution in [0.15, 0.2) is 48.5 Å². The van der Waals surface area contributed by atoms with E-state index in [-0.39, 0.29) is 13.0 Å². The summed E-state index contributed by atoms with van der Waals surface area (Å²) in [5.41, 5.74) is 0.811. The first-order valence-electron chi connectivity index (χ1n) is 9.44. The van der Waals surface area contributed by atoms with Crippen LogP contribution in [0.25, 0.3) is 0 Å². The molecule has 6 nitrogen and oxygen atoms in total.